The maximum absolute atomic E-state index is 13.8. The van der Waals surface area contributed by atoms with Crippen molar-refractivity contribution in [2.75, 3.05) is 45.1 Å². The zero-order valence-electron chi connectivity index (χ0n) is 11.3. The summed E-state index contributed by atoms with van der Waals surface area (Å²) >= 11 is 3.05. The lowest BCUT2D eigenvalue weighted by atomic mass is 10.3. The molecule has 118 valence electrons. The van der Waals surface area contributed by atoms with Crippen molar-refractivity contribution < 1.29 is 17.5 Å². The van der Waals surface area contributed by atoms with Crippen LogP contribution in [-0.2, 0) is 14.8 Å². The molecule has 9 heteroatoms. The van der Waals surface area contributed by atoms with Crippen LogP contribution in [0.15, 0.2) is 21.5 Å². The third kappa shape index (κ3) is 4.36. The standard InChI is InChI=1S/C12H17BrFN3O3S/c13-9-7-10(14)12(8-11(9)15)21(18,19)16-1-2-17-3-5-20-6-4-17/h7-8,16H,1-6,15H2. The van der Waals surface area contributed by atoms with Gasteiger partial charge in [0.25, 0.3) is 0 Å². The van der Waals surface area contributed by atoms with Gasteiger partial charge in [-0.05, 0) is 28.1 Å². The van der Waals surface area contributed by atoms with Crippen LogP contribution in [0.1, 0.15) is 0 Å². The minimum absolute atomic E-state index is 0.171. The maximum atomic E-state index is 13.8. The molecular weight excluding hydrogens is 365 g/mol. The van der Waals surface area contributed by atoms with Gasteiger partial charge in [0.1, 0.15) is 10.7 Å². The minimum atomic E-state index is -3.91. The number of ether oxygens (including phenoxy) is 1. The average molecular weight is 382 g/mol. The van der Waals surface area contributed by atoms with Crippen LogP contribution in [0.5, 0.6) is 0 Å². The van der Waals surface area contributed by atoms with Gasteiger partial charge < -0.3 is 10.5 Å². The number of nitrogens with zero attached hydrogens (tertiary/aromatic N) is 1. The molecule has 3 N–H and O–H groups in total. The first-order valence-corrected chi connectivity index (χ1v) is 8.72. The van der Waals surface area contributed by atoms with Crippen LogP contribution < -0.4 is 10.5 Å². The normalized spacial score (nSPS) is 17.0. The summed E-state index contributed by atoms with van der Waals surface area (Å²) in [6.07, 6.45) is 0. The average Bonchev–Trinajstić information content (AvgIpc) is 2.43. The molecule has 0 aromatic heterocycles. The topological polar surface area (TPSA) is 84.7 Å². The Morgan fingerprint density at radius 2 is 2.05 bits per heavy atom. The highest BCUT2D eigenvalue weighted by molar-refractivity contribution is 9.10. The van der Waals surface area contributed by atoms with Gasteiger partial charge in [-0.3, -0.25) is 4.90 Å². The Labute approximate surface area is 131 Å². The number of halogens is 2. The molecule has 1 aliphatic heterocycles. The highest BCUT2D eigenvalue weighted by Gasteiger charge is 2.21. The first kappa shape index (κ1) is 16.6. The molecule has 0 spiro atoms. The minimum Gasteiger partial charge on any atom is -0.398 e. The van der Waals surface area contributed by atoms with Crippen molar-refractivity contribution in [3.8, 4) is 0 Å². The van der Waals surface area contributed by atoms with Gasteiger partial charge >= 0.3 is 0 Å². The van der Waals surface area contributed by atoms with Crippen LogP contribution in [-0.4, -0.2) is 52.7 Å². The molecule has 1 heterocycles. The molecule has 0 saturated carbocycles. The van der Waals surface area contributed by atoms with Gasteiger partial charge in [-0.25, -0.2) is 17.5 Å². The second-order valence-corrected chi connectivity index (χ2v) is 7.25. The van der Waals surface area contributed by atoms with E-state index in [1.807, 2.05) is 0 Å². The molecule has 1 aromatic carbocycles. The molecular formula is C12H17BrFN3O3S. The number of benzene rings is 1. The quantitative estimate of drug-likeness (QED) is 0.736. The second-order valence-electron chi connectivity index (χ2n) is 4.66. The number of rotatable bonds is 5. The van der Waals surface area contributed by atoms with E-state index in [9.17, 15) is 12.8 Å². The lowest BCUT2D eigenvalue weighted by molar-refractivity contribution is 0.0390. The predicted octanol–water partition coefficient (Wildman–Crippen LogP) is 0.781. The highest BCUT2D eigenvalue weighted by Crippen LogP contribution is 2.25. The van der Waals surface area contributed by atoms with Gasteiger partial charge in [0.05, 0.1) is 13.2 Å². The van der Waals surface area contributed by atoms with E-state index >= 15 is 0 Å². The SMILES string of the molecule is Nc1cc(S(=O)(=O)NCCN2CCOCC2)c(F)cc1Br. The van der Waals surface area contributed by atoms with Gasteiger partial charge in [-0.1, -0.05) is 0 Å². The number of nitrogens with two attached hydrogens (primary N) is 1. The van der Waals surface area contributed by atoms with Gasteiger partial charge in [-0.2, -0.15) is 0 Å². The number of hydrogen-bond donors (Lipinski definition) is 2. The summed E-state index contributed by atoms with van der Waals surface area (Å²) < 4.78 is 45.9. The fourth-order valence-corrected chi connectivity index (χ4v) is 3.42. The van der Waals surface area contributed by atoms with Crippen molar-refractivity contribution in [1.29, 1.82) is 0 Å². The largest absolute Gasteiger partial charge is 0.398 e. The number of sulfonamides is 1. The monoisotopic (exact) mass is 381 g/mol. The summed E-state index contributed by atoms with van der Waals surface area (Å²) in [5.41, 5.74) is 5.78. The van der Waals surface area contributed by atoms with Crippen molar-refractivity contribution >= 4 is 31.6 Å². The molecule has 1 aromatic rings. The zero-order chi connectivity index (χ0) is 15.5. The Kier molecular flexibility index (Phi) is 5.55. The predicted molar refractivity (Wildman–Crippen MR) is 81.0 cm³/mol. The molecule has 1 saturated heterocycles. The number of hydrogen-bond acceptors (Lipinski definition) is 5. The Morgan fingerprint density at radius 3 is 2.71 bits per heavy atom. The van der Waals surface area contributed by atoms with Crippen LogP contribution in [0.25, 0.3) is 0 Å². The van der Waals surface area contributed by atoms with E-state index < -0.39 is 20.7 Å². The first-order valence-electron chi connectivity index (χ1n) is 6.44. The van der Waals surface area contributed by atoms with E-state index in [1.165, 1.54) is 0 Å². The molecule has 0 bridgehead atoms. The number of morpholine rings is 1. The smallest absolute Gasteiger partial charge is 0.243 e. The Hall–Kier alpha value is -0.740. The van der Waals surface area contributed by atoms with E-state index in [0.29, 0.717) is 24.2 Å². The molecule has 0 unspecified atom stereocenters. The van der Waals surface area contributed by atoms with Crippen molar-refractivity contribution in [3.63, 3.8) is 0 Å². The van der Waals surface area contributed by atoms with Gasteiger partial charge in [-0.15, -0.1) is 0 Å². The summed E-state index contributed by atoms with van der Waals surface area (Å²) in [4.78, 5) is 1.64. The third-order valence-electron chi connectivity index (χ3n) is 3.16. The molecule has 6 nitrogen and oxygen atoms in total. The maximum Gasteiger partial charge on any atom is 0.243 e. The molecule has 2 rings (SSSR count). The summed E-state index contributed by atoms with van der Waals surface area (Å²) in [5.74, 6) is -0.838. The van der Waals surface area contributed by atoms with Gasteiger partial charge in [0.2, 0.25) is 10.0 Å². The number of nitrogen functional groups attached to an aromatic ring is 1. The summed E-state index contributed by atoms with van der Waals surface area (Å²) in [5, 5.41) is 0. The zero-order valence-corrected chi connectivity index (χ0v) is 13.7. The second kappa shape index (κ2) is 7.01. The van der Waals surface area contributed by atoms with Crippen molar-refractivity contribution in [2.45, 2.75) is 4.90 Å². The lowest BCUT2D eigenvalue weighted by Crippen LogP contribution is -2.41. The van der Waals surface area contributed by atoms with Crippen LogP contribution >= 0.6 is 15.9 Å². The number of nitrogens with one attached hydrogen (secondary N) is 1. The van der Waals surface area contributed by atoms with E-state index in [1.54, 1.807) is 0 Å². The van der Waals surface area contributed by atoms with Crippen LogP contribution in [0.3, 0.4) is 0 Å². The van der Waals surface area contributed by atoms with Crippen molar-refractivity contribution in [1.82, 2.24) is 9.62 Å². The van der Waals surface area contributed by atoms with Crippen LogP contribution in [0.2, 0.25) is 0 Å². The number of anilines is 1. The van der Waals surface area contributed by atoms with Crippen molar-refractivity contribution in [2.24, 2.45) is 0 Å². The molecule has 0 aliphatic carbocycles. The molecule has 0 atom stereocenters. The van der Waals surface area contributed by atoms with Crippen LogP contribution in [0, 0.1) is 5.82 Å². The van der Waals surface area contributed by atoms with E-state index in [-0.39, 0.29) is 12.2 Å². The highest BCUT2D eigenvalue weighted by atomic mass is 79.9. The summed E-state index contributed by atoms with van der Waals surface area (Å²) in [6, 6.07) is 2.16. The molecule has 21 heavy (non-hydrogen) atoms. The lowest BCUT2D eigenvalue weighted by Gasteiger charge is -2.26. The Bertz CT molecular complexity index is 606. The molecule has 1 fully saturated rings. The van der Waals surface area contributed by atoms with E-state index in [2.05, 4.69) is 25.6 Å². The molecule has 0 amide bonds. The van der Waals surface area contributed by atoms with Gasteiger partial charge in [0, 0.05) is 36.3 Å². The fourth-order valence-electron chi connectivity index (χ4n) is 1.99. The van der Waals surface area contributed by atoms with Gasteiger partial charge in [0.15, 0.2) is 0 Å². The molecule has 0 radical (unpaired) electrons. The Balaban J connectivity index is 1.99. The molecule has 1 aliphatic rings. The van der Waals surface area contributed by atoms with E-state index in [0.717, 1.165) is 25.2 Å². The van der Waals surface area contributed by atoms with E-state index in [4.69, 9.17) is 10.5 Å². The Morgan fingerprint density at radius 1 is 1.38 bits per heavy atom. The van der Waals surface area contributed by atoms with Crippen molar-refractivity contribution in [3.05, 3.63) is 22.4 Å². The van der Waals surface area contributed by atoms with Crippen LogP contribution in [0.4, 0.5) is 10.1 Å². The summed E-state index contributed by atoms with van der Waals surface area (Å²) in [6.45, 7) is 3.58. The first-order chi connectivity index (χ1) is 9.90. The fraction of sp³-hybridized carbons (Fsp3) is 0.500. The summed E-state index contributed by atoms with van der Waals surface area (Å²) in [7, 11) is -3.91. The third-order valence-corrected chi connectivity index (χ3v) is 5.33.